The van der Waals surface area contributed by atoms with Gasteiger partial charge in [-0.05, 0) is 83.7 Å². The molecule has 1 aliphatic heterocycles. The van der Waals surface area contributed by atoms with Gasteiger partial charge in [-0.3, -0.25) is 19.2 Å². The highest BCUT2D eigenvalue weighted by atomic mass is 16.4. The van der Waals surface area contributed by atoms with E-state index in [2.05, 4.69) is 16.0 Å². The molecule has 4 amide bonds. The van der Waals surface area contributed by atoms with Crippen LogP contribution >= 0.6 is 0 Å². The fraction of sp³-hybridized carbons (Fsp3) is 0.808. The molecule has 0 saturated carbocycles. The lowest BCUT2D eigenvalue weighted by atomic mass is 10.0. The monoisotopic (exact) mass is 555 g/mol. The van der Waals surface area contributed by atoms with Crippen LogP contribution in [0.4, 0.5) is 0 Å². The number of nitrogens with two attached hydrogens (primary N) is 3. The van der Waals surface area contributed by atoms with Crippen molar-refractivity contribution in [1.29, 1.82) is 0 Å². The van der Waals surface area contributed by atoms with Crippen molar-refractivity contribution in [3.05, 3.63) is 0 Å². The minimum absolute atomic E-state index is 0.196. The van der Waals surface area contributed by atoms with E-state index in [0.717, 1.165) is 0 Å². The van der Waals surface area contributed by atoms with Gasteiger partial charge < -0.3 is 43.2 Å². The molecule has 0 bridgehead atoms. The summed E-state index contributed by atoms with van der Waals surface area (Å²) in [5, 5.41) is 17.5. The van der Waals surface area contributed by atoms with Gasteiger partial charge in [0.1, 0.15) is 24.2 Å². The molecule has 13 heteroatoms. The largest absolute Gasteiger partial charge is 0.480 e. The van der Waals surface area contributed by atoms with Gasteiger partial charge in [-0.15, -0.1) is 0 Å². The SMILES string of the molecule is CC(C)C[C@H](N)C(=O)N[C@@H](CCCCN)C(=O)N[C@@H](CCCCN)C(=O)N[C@@H](C)C(=O)N1CCC[C@H]1C(=O)O. The van der Waals surface area contributed by atoms with E-state index in [4.69, 9.17) is 17.2 Å². The Morgan fingerprint density at radius 2 is 1.36 bits per heavy atom. The van der Waals surface area contributed by atoms with Crippen molar-refractivity contribution in [2.45, 2.75) is 109 Å². The summed E-state index contributed by atoms with van der Waals surface area (Å²) in [5.41, 5.74) is 17.2. The summed E-state index contributed by atoms with van der Waals surface area (Å²) >= 11 is 0. The number of amides is 4. The lowest BCUT2D eigenvalue weighted by Crippen LogP contribution is -2.58. The van der Waals surface area contributed by atoms with E-state index in [1.165, 1.54) is 11.8 Å². The van der Waals surface area contributed by atoms with Gasteiger partial charge in [0.15, 0.2) is 0 Å². The van der Waals surface area contributed by atoms with E-state index < -0.39 is 59.8 Å². The zero-order valence-electron chi connectivity index (χ0n) is 23.6. The first-order valence-corrected chi connectivity index (χ1v) is 14.0. The van der Waals surface area contributed by atoms with Crippen LogP contribution < -0.4 is 33.2 Å². The molecule has 0 radical (unpaired) electrons. The maximum absolute atomic E-state index is 13.3. The van der Waals surface area contributed by atoms with Crippen LogP contribution in [0.5, 0.6) is 0 Å². The first kappa shape index (κ1) is 34.3. The molecule has 13 nitrogen and oxygen atoms in total. The number of hydrogen-bond donors (Lipinski definition) is 7. The summed E-state index contributed by atoms with van der Waals surface area (Å²) in [7, 11) is 0. The van der Waals surface area contributed by atoms with Crippen molar-refractivity contribution in [2.24, 2.45) is 23.1 Å². The predicted octanol–water partition coefficient (Wildman–Crippen LogP) is -0.832. The average molecular weight is 556 g/mol. The molecule has 1 rings (SSSR count). The quantitative estimate of drug-likeness (QED) is 0.105. The number of nitrogens with one attached hydrogen (secondary N) is 3. The number of hydrogen-bond acceptors (Lipinski definition) is 8. The third-order valence-corrected chi connectivity index (χ3v) is 6.77. The molecule has 1 aliphatic rings. The molecule has 1 saturated heterocycles. The molecule has 0 aromatic carbocycles. The third-order valence-electron chi connectivity index (χ3n) is 6.77. The predicted molar refractivity (Wildman–Crippen MR) is 147 cm³/mol. The molecule has 0 aliphatic carbocycles. The third kappa shape index (κ3) is 11.9. The first-order valence-electron chi connectivity index (χ1n) is 14.0. The Kier molecular flexibility index (Phi) is 15.6. The number of carboxylic acids is 1. The molecular formula is C26H49N7O6. The van der Waals surface area contributed by atoms with Gasteiger partial charge in [0.25, 0.3) is 0 Å². The Morgan fingerprint density at radius 3 is 1.85 bits per heavy atom. The van der Waals surface area contributed by atoms with E-state index in [1.807, 2.05) is 13.8 Å². The van der Waals surface area contributed by atoms with Crippen LogP contribution in [-0.4, -0.2) is 89.4 Å². The normalized spacial score (nSPS) is 18.2. The molecule has 0 aromatic heterocycles. The topological polar surface area (TPSA) is 223 Å². The molecule has 39 heavy (non-hydrogen) atoms. The highest BCUT2D eigenvalue weighted by molar-refractivity contribution is 5.95. The van der Waals surface area contributed by atoms with Gasteiger partial charge in [0.05, 0.1) is 6.04 Å². The van der Waals surface area contributed by atoms with Crippen LogP contribution in [0.3, 0.4) is 0 Å². The standard InChI is InChI=1S/C26H49N7O6/c1-16(2)15-18(29)22(34)31-20(10-5-7-13-28)24(36)32-19(9-4-6-12-27)23(35)30-17(3)25(37)33-14-8-11-21(33)26(38)39/h16-21H,4-15,27-29H2,1-3H3,(H,30,35)(H,31,34)(H,32,36)(H,38,39)/t17-,18-,19-,20-,21-/m0/s1. The number of nitrogens with zero attached hydrogens (tertiary/aromatic N) is 1. The number of carboxylic acid groups (broad SMARTS) is 1. The fourth-order valence-electron chi connectivity index (χ4n) is 4.60. The highest BCUT2D eigenvalue weighted by Gasteiger charge is 2.37. The summed E-state index contributed by atoms with van der Waals surface area (Å²) in [6.45, 7) is 6.53. The molecule has 1 fully saturated rings. The lowest BCUT2D eigenvalue weighted by molar-refractivity contribution is -0.149. The second-order valence-corrected chi connectivity index (χ2v) is 10.7. The van der Waals surface area contributed by atoms with Gasteiger partial charge in [-0.1, -0.05) is 13.8 Å². The Balaban J connectivity index is 2.96. The van der Waals surface area contributed by atoms with Crippen molar-refractivity contribution in [2.75, 3.05) is 19.6 Å². The maximum atomic E-state index is 13.3. The second-order valence-electron chi connectivity index (χ2n) is 10.7. The molecular weight excluding hydrogens is 506 g/mol. The van der Waals surface area contributed by atoms with Crippen LogP contribution in [0.1, 0.15) is 78.6 Å². The van der Waals surface area contributed by atoms with E-state index >= 15 is 0 Å². The number of carbonyl (C=O) groups is 5. The summed E-state index contributed by atoms with van der Waals surface area (Å²) < 4.78 is 0. The number of rotatable bonds is 18. The number of aliphatic carboxylic acids is 1. The second kappa shape index (κ2) is 17.7. The first-order chi connectivity index (χ1) is 18.4. The number of likely N-dealkylation sites (tertiary alicyclic amines) is 1. The van der Waals surface area contributed by atoms with Crippen molar-refractivity contribution in [3.63, 3.8) is 0 Å². The van der Waals surface area contributed by atoms with Crippen LogP contribution in [0, 0.1) is 5.92 Å². The summed E-state index contributed by atoms with van der Waals surface area (Å²) in [4.78, 5) is 64.8. The van der Waals surface area contributed by atoms with Gasteiger partial charge >= 0.3 is 5.97 Å². The van der Waals surface area contributed by atoms with Crippen LogP contribution in [0.15, 0.2) is 0 Å². The van der Waals surface area contributed by atoms with Crippen LogP contribution in [-0.2, 0) is 24.0 Å². The molecule has 0 aromatic rings. The summed E-state index contributed by atoms with van der Waals surface area (Å²) in [6, 6.07) is -4.57. The number of carbonyl (C=O) groups excluding carboxylic acids is 4. The molecule has 10 N–H and O–H groups in total. The van der Waals surface area contributed by atoms with E-state index in [0.29, 0.717) is 71.0 Å². The smallest absolute Gasteiger partial charge is 0.326 e. The maximum Gasteiger partial charge on any atom is 0.326 e. The molecule has 0 unspecified atom stereocenters. The Hall–Kier alpha value is -2.77. The van der Waals surface area contributed by atoms with Crippen molar-refractivity contribution < 1.29 is 29.1 Å². The fourth-order valence-corrected chi connectivity index (χ4v) is 4.60. The Labute approximate surface area is 231 Å². The van der Waals surface area contributed by atoms with Gasteiger partial charge in [0.2, 0.25) is 23.6 Å². The minimum atomic E-state index is -1.08. The van der Waals surface area contributed by atoms with Crippen molar-refractivity contribution >= 4 is 29.6 Å². The molecule has 5 atom stereocenters. The van der Waals surface area contributed by atoms with Crippen molar-refractivity contribution in [1.82, 2.24) is 20.9 Å². The molecule has 224 valence electrons. The minimum Gasteiger partial charge on any atom is -0.480 e. The zero-order valence-corrected chi connectivity index (χ0v) is 23.6. The van der Waals surface area contributed by atoms with Crippen LogP contribution in [0.25, 0.3) is 0 Å². The van der Waals surface area contributed by atoms with Crippen LogP contribution in [0.2, 0.25) is 0 Å². The van der Waals surface area contributed by atoms with Gasteiger partial charge in [-0.2, -0.15) is 0 Å². The van der Waals surface area contributed by atoms with E-state index in [-0.39, 0.29) is 12.3 Å². The summed E-state index contributed by atoms with van der Waals surface area (Å²) in [6.07, 6.45) is 4.40. The zero-order chi connectivity index (χ0) is 29.5. The highest BCUT2D eigenvalue weighted by Crippen LogP contribution is 2.18. The summed E-state index contributed by atoms with van der Waals surface area (Å²) in [5.74, 6) is -2.93. The average Bonchev–Trinajstić information content (AvgIpc) is 3.37. The van der Waals surface area contributed by atoms with Crippen molar-refractivity contribution in [3.8, 4) is 0 Å². The Bertz CT molecular complexity index is 825. The lowest BCUT2D eigenvalue weighted by Gasteiger charge is -2.28. The van der Waals surface area contributed by atoms with Gasteiger partial charge in [-0.25, -0.2) is 4.79 Å². The van der Waals surface area contributed by atoms with Gasteiger partial charge in [0, 0.05) is 6.54 Å². The van der Waals surface area contributed by atoms with E-state index in [1.54, 1.807) is 0 Å². The molecule has 0 spiro atoms. The number of unbranched alkanes of at least 4 members (excludes halogenated alkanes) is 2. The Morgan fingerprint density at radius 1 is 0.846 bits per heavy atom. The van der Waals surface area contributed by atoms with E-state index in [9.17, 15) is 29.1 Å². The molecule has 1 heterocycles.